The summed E-state index contributed by atoms with van der Waals surface area (Å²) < 4.78 is 2.04. The van der Waals surface area contributed by atoms with Gasteiger partial charge in [-0.3, -0.25) is 4.79 Å². The number of nitrogens with two attached hydrogens (primary N) is 1. The van der Waals surface area contributed by atoms with E-state index in [1.807, 2.05) is 16.7 Å². The molecule has 98 valence electrons. The van der Waals surface area contributed by atoms with Crippen LogP contribution in [0.25, 0.3) is 0 Å². The van der Waals surface area contributed by atoms with Gasteiger partial charge in [-0.25, -0.2) is 0 Å². The number of hydrogen-bond acceptors (Lipinski definition) is 5. The van der Waals surface area contributed by atoms with E-state index < -0.39 is 0 Å². The van der Waals surface area contributed by atoms with E-state index >= 15 is 0 Å². The van der Waals surface area contributed by atoms with Crippen LogP contribution in [0.1, 0.15) is 23.1 Å². The zero-order valence-corrected chi connectivity index (χ0v) is 10.7. The van der Waals surface area contributed by atoms with Gasteiger partial charge in [-0.15, -0.1) is 10.2 Å². The minimum Gasteiger partial charge on any atom is -0.398 e. The Labute approximate surface area is 110 Å². The van der Waals surface area contributed by atoms with Crippen LogP contribution in [0, 0.1) is 0 Å². The zero-order chi connectivity index (χ0) is 13.4. The van der Waals surface area contributed by atoms with Gasteiger partial charge in [0.05, 0.1) is 6.54 Å². The molecule has 19 heavy (non-hydrogen) atoms. The first-order valence-corrected chi connectivity index (χ1v) is 6.17. The fraction of sp³-hybridized carbons (Fsp3) is 0.308. The van der Waals surface area contributed by atoms with E-state index in [-0.39, 0.29) is 5.78 Å². The quantitative estimate of drug-likeness (QED) is 0.643. The number of carbonyl (C=O) groups excluding carboxylic acids is 1. The lowest BCUT2D eigenvalue weighted by molar-refractivity contribution is 0.101. The number of fused-ring (bicyclic) bond motifs is 1. The summed E-state index contributed by atoms with van der Waals surface area (Å²) in [5, 5.41) is 7.99. The third-order valence-electron chi connectivity index (χ3n) is 3.42. The molecule has 0 amide bonds. The van der Waals surface area contributed by atoms with Crippen LogP contribution in [0.5, 0.6) is 0 Å². The molecule has 6 nitrogen and oxygen atoms in total. The standard InChI is InChI=1S/C13H15N5O/c1-9(19)11-6-10(2-3-12(11)14)17-4-5-18-8-15-16-13(18)7-17/h2-3,6,8H,4-5,7,14H2,1H3. The summed E-state index contributed by atoms with van der Waals surface area (Å²) in [4.78, 5) is 13.7. The topological polar surface area (TPSA) is 77.0 Å². The van der Waals surface area contributed by atoms with Crippen LogP contribution in [0.2, 0.25) is 0 Å². The number of anilines is 2. The van der Waals surface area contributed by atoms with Crippen molar-refractivity contribution >= 4 is 17.2 Å². The highest BCUT2D eigenvalue weighted by atomic mass is 16.1. The maximum atomic E-state index is 11.5. The molecular weight excluding hydrogens is 242 g/mol. The van der Waals surface area contributed by atoms with Gasteiger partial charge in [-0.2, -0.15) is 0 Å². The highest BCUT2D eigenvalue weighted by Crippen LogP contribution is 2.24. The molecule has 6 heteroatoms. The van der Waals surface area contributed by atoms with E-state index in [1.54, 1.807) is 12.4 Å². The highest BCUT2D eigenvalue weighted by Gasteiger charge is 2.18. The second-order valence-electron chi connectivity index (χ2n) is 4.69. The van der Waals surface area contributed by atoms with Crippen LogP contribution in [0.3, 0.4) is 0 Å². The van der Waals surface area contributed by atoms with Gasteiger partial charge in [0.2, 0.25) is 0 Å². The molecule has 1 aliphatic rings. The number of benzene rings is 1. The molecule has 0 fully saturated rings. The van der Waals surface area contributed by atoms with Crippen molar-refractivity contribution in [3.05, 3.63) is 35.9 Å². The van der Waals surface area contributed by atoms with Crippen LogP contribution in [0.4, 0.5) is 11.4 Å². The first-order valence-electron chi connectivity index (χ1n) is 6.17. The van der Waals surface area contributed by atoms with Crippen molar-refractivity contribution in [2.75, 3.05) is 17.2 Å². The monoisotopic (exact) mass is 257 g/mol. The van der Waals surface area contributed by atoms with Crippen LogP contribution in [-0.2, 0) is 13.1 Å². The lowest BCUT2D eigenvalue weighted by Crippen LogP contribution is -2.33. The minimum atomic E-state index is -0.0143. The molecule has 2 N–H and O–H groups in total. The molecule has 1 aromatic heterocycles. The maximum absolute atomic E-state index is 11.5. The van der Waals surface area contributed by atoms with Crippen molar-refractivity contribution in [1.29, 1.82) is 0 Å². The molecule has 0 saturated carbocycles. The summed E-state index contributed by atoms with van der Waals surface area (Å²) >= 11 is 0. The minimum absolute atomic E-state index is 0.0143. The molecule has 0 spiro atoms. The molecule has 2 heterocycles. The molecular formula is C13H15N5O. The number of nitrogen functional groups attached to an aromatic ring is 1. The van der Waals surface area contributed by atoms with Gasteiger partial charge in [0.25, 0.3) is 0 Å². The Morgan fingerprint density at radius 2 is 2.21 bits per heavy atom. The third kappa shape index (κ3) is 2.05. The summed E-state index contributed by atoms with van der Waals surface area (Å²) in [6.07, 6.45) is 1.75. The number of aromatic nitrogens is 3. The second kappa shape index (κ2) is 4.38. The Kier molecular flexibility index (Phi) is 2.70. The summed E-state index contributed by atoms with van der Waals surface area (Å²) in [5.41, 5.74) is 7.91. The molecule has 2 aromatic rings. The second-order valence-corrected chi connectivity index (χ2v) is 4.69. The van der Waals surface area contributed by atoms with E-state index in [1.165, 1.54) is 6.92 Å². The normalized spacial score (nSPS) is 14.3. The molecule has 0 unspecified atom stereocenters. The largest absolute Gasteiger partial charge is 0.398 e. The number of hydrogen-bond donors (Lipinski definition) is 1. The zero-order valence-electron chi connectivity index (χ0n) is 10.7. The number of nitrogens with zero attached hydrogens (tertiary/aromatic N) is 4. The van der Waals surface area contributed by atoms with Crippen molar-refractivity contribution in [2.24, 2.45) is 0 Å². The predicted octanol–water partition coefficient (Wildman–Crippen LogP) is 1.08. The average Bonchev–Trinajstić information content (AvgIpc) is 2.86. The molecule has 1 aromatic carbocycles. The summed E-state index contributed by atoms with van der Waals surface area (Å²) in [7, 11) is 0. The van der Waals surface area contributed by atoms with Crippen molar-refractivity contribution in [2.45, 2.75) is 20.0 Å². The summed E-state index contributed by atoms with van der Waals surface area (Å²) in [6.45, 7) is 3.94. The molecule has 1 aliphatic heterocycles. The van der Waals surface area contributed by atoms with Gasteiger partial charge in [0.15, 0.2) is 11.6 Å². The van der Waals surface area contributed by atoms with E-state index in [0.29, 0.717) is 17.8 Å². The lowest BCUT2D eigenvalue weighted by atomic mass is 10.1. The van der Waals surface area contributed by atoms with Crippen LogP contribution >= 0.6 is 0 Å². The highest BCUT2D eigenvalue weighted by molar-refractivity contribution is 6.00. The number of ketones is 1. The van der Waals surface area contributed by atoms with Gasteiger partial charge in [0, 0.05) is 30.0 Å². The van der Waals surface area contributed by atoms with E-state index in [0.717, 1.165) is 24.6 Å². The number of carbonyl (C=O) groups is 1. The SMILES string of the molecule is CC(=O)c1cc(N2CCn3cnnc3C2)ccc1N. The van der Waals surface area contributed by atoms with E-state index in [2.05, 4.69) is 15.1 Å². The van der Waals surface area contributed by atoms with Gasteiger partial charge in [-0.05, 0) is 25.1 Å². The molecule has 0 bridgehead atoms. The molecule has 0 saturated heterocycles. The van der Waals surface area contributed by atoms with Crippen LogP contribution < -0.4 is 10.6 Å². The van der Waals surface area contributed by atoms with Crippen molar-refractivity contribution in [1.82, 2.24) is 14.8 Å². The predicted molar refractivity (Wildman–Crippen MR) is 71.9 cm³/mol. The Morgan fingerprint density at radius 3 is 3.00 bits per heavy atom. The lowest BCUT2D eigenvalue weighted by Gasteiger charge is -2.29. The third-order valence-corrected chi connectivity index (χ3v) is 3.42. The fourth-order valence-corrected chi connectivity index (χ4v) is 2.33. The van der Waals surface area contributed by atoms with E-state index in [9.17, 15) is 4.79 Å². The molecule has 0 aliphatic carbocycles. The van der Waals surface area contributed by atoms with Gasteiger partial charge < -0.3 is 15.2 Å². The summed E-state index contributed by atoms with van der Waals surface area (Å²) in [6, 6.07) is 5.57. The number of Topliss-reactive ketones (excluding diaryl/α,β-unsaturated/α-hetero) is 1. The first kappa shape index (κ1) is 11.7. The van der Waals surface area contributed by atoms with Crippen molar-refractivity contribution in [3.63, 3.8) is 0 Å². The maximum Gasteiger partial charge on any atom is 0.161 e. The van der Waals surface area contributed by atoms with Crippen molar-refractivity contribution in [3.8, 4) is 0 Å². The van der Waals surface area contributed by atoms with Gasteiger partial charge in [-0.1, -0.05) is 0 Å². The van der Waals surface area contributed by atoms with Gasteiger partial charge >= 0.3 is 0 Å². The Bertz CT molecular complexity index is 634. The van der Waals surface area contributed by atoms with E-state index in [4.69, 9.17) is 5.73 Å². The number of rotatable bonds is 2. The molecule has 0 radical (unpaired) electrons. The fourth-order valence-electron chi connectivity index (χ4n) is 2.33. The Balaban J connectivity index is 1.92. The Morgan fingerprint density at radius 1 is 1.37 bits per heavy atom. The Hall–Kier alpha value is -2.37. The summed E-state index contributed by atoms with van der Waals surface area (Å²) in [5.74, 6) is 0.923. The smallest absolute Gasteiger partial charge is 0.161 e. The van der Waals surface area contributed by atoms with Crippen LogP contribution in [-0.4, -0.2) is 27.1 Å². The van der Waals surface area contributed by atoms with Gasteiger partial charge in [0.1, 0.15) is 6.33 Å². The van der Waals surface area contributed by atoms with Crippen molar-refractivity contribution < 1.29 is 4.79 Å². The van der Waals surface area contributed by atoms with Crippen LogP contribution in [0.15, 0.2) is 24.5 Å². The average molecular weight is 257 g/mol. The molecule has 3 rings (SSSR count). The molecule has 0 atom stereocenters. The first-order chi connectivity index (χ1) is 9.15.